The molecule has 9 heteroatoms. The Morgan fingerprint density at radius 3 is 2.38 bits per heavy atom. The van der Waals surface area contributed by atoms with Crippen LogP contribution in [0.15, 0.2) is 52.1 Å². The summed E-state index contributed by atoms with van der Waals surface area (Å²) in [5.41, 5.74) is 1.75. The first kappa shape index (κ1) is 20.7. The van der Waals surface area contributed by atoms with Crippen LogP contribution in [0.25, 0.3) is 0 Å². The maximum atomic E-state index is 13.1. The predicted octanol–water partition coefficient (Wildman–Crippen LogP) is 3.87. The molecular weight excluding hydrogens is 445 g/mol. The molecule has 152 valence electrons. The molecule has 0 aliphatic carbocycles. The van der Waals surface area contributed by atoms with Crippen molar-refractivity contribution in [2.24, 2.45) is 0 Å². The number of rotatable bonds is 5. The molecule has 2 aromatic carbocycles. The number of ether oxygens (including phenoxy) is 2. The number of benzene rings is 2. The molecular formula is C20H19BrFN3O4. The molecule has 1 aliphatic heterocycles. The van der Waals surface area contributed by atoms with Gasteiger partial charge in [0.2, 0.25) is 0 Å². The van der Waals surface area contributed by atoms with E-state index in [9.17, 15) is 14.0 Å². The zero-order valence-corrected chi connectivity index (χ0v) is 17.5. The lowest BCUT2D eigenvalue weighted by Crippen LogP contribution is -2.46. The van der Waals surface area contributed by atoms with Crippen LogP contribution in [0.3, 0.4) is 0 Å². The number of allylic oxidation sites excluding steroid dienone is 1. The van der Waals surface area contributed by atoms with Gasteiger partial charge in [-0.3, -0.25) is 4.79 Å². The monoisotopic (exact) mass is 463 g/mol. The Labute approximate surface area is 175 Å². The molecule has 7 nitrogen and oxygen atoms in total. The van der Waals surface area contributed by atoms with Gasteiger partial charge in [-0.05, 0) is 48.9 Å². The van der Waals surface area contributed by atoms with E-state index in [4.69, 9.17) is 9.47 Å². The van der Waals surface area contributed by atoms with Gasteiger partial charge in [-0.25, -0.2) is 9.18 Å². The van der Waals surface area contributed by atoms with Crippen LogP contribution in [0.1, 0.15) is 18.5 Å². The van der Waals surface area contributed by atoms with E-state index < -0.39 is 23.8 Å². The summed E-state index contributed by atoms with van der Waals surface area (Å²) in [4.78, 5) is 25.1. The highest BCUT2D eigenvalue weighted by atomic mass is 79.9. The Morgan fingerprint density at radius 1 is 1.14 bits per heavy atom. The van der Waals surface area contributed by atoms with Gasteiger partial charge in [0.05, 0.1) is 25.8 Å². The van der Waals surface area contributed by atoms with Crippen molar-refractivity contribution in [2.75, 3.05) is 19.5 Å². The van der Waals surface area contributed by atoms with Gasteiger partial charge in [-0.2, -0.15) is 0 Å². The van der Waals surface area contributed by atoms with E-state index in [1.54, 1.807) is 19.1 Å². The zero-order valence-electron chi connectivity index (χ0n) is 15.9. The third-order valence-corrected chi connectivity index (χ3v) is 5.12. The Kier molecular flexibility index (Phi) is 6.07. The molecule has 1 atom stereocenters. The molecule has 0 radical (unpaired) electrons. The maximum Gasteiger partial charge on any atom is 0.319 e. The average Bonchev–Trinajstić information content (AvgIpc) is 2.68. The number of hydrogen-bond donors (Lipinski definition) is 3. The predicted molar refractivity (Wildman–Crippen MR) is 109 cm³/mol. The third-order valence-electron chi connectivity index (χ3n) is 4.43. The fourth-order valence-electron chi connectivity index (χ4n) is 3.05. The quantitative estimate of drug-likeness (QED) is 0.627. The first-order valence-corrected chi connectivity index (χ1v) is 9.40. The van der Waals surface area contributed by atoms with Crippen LogP contribution in [-0.2, 0) is 4.79 Å². The summed E-state index contributed by atoms with van der Waals surface area (Å²) in [7, 11) is 3.02. The summed E-state index contributed by atoms with van der Waals surface area (Å²) in [6.07, 6.45) is 0. The van der Waals surface area contributed by atoms with Gasteiger partial charge >= 0.3 is 6.03 Å². The minimum atomic E-state index is -0.752. The lowest BCUT2D eigenvalue weighted by molar-refractivity contribution is -0.113. The van der Waals surface area contributed by atoms with E-state index in [2.05, 4.69) is 31.9 Å². The highest BCUT2D eigenvalue weighted by Crippen LogP contribution is 2.39. The molecule has 3 N–H and O–H groups in total. The fraction of sp³-hybridized carbons (Fsp3) is 0.200. The minimum absolute atomic E-state index is 0.307. The van der Waals surface area contributed by atoms with Crippen molar-refractivity contribution >= 4 is 33.6 Å². The Bertz CT molecular complexity index is 992. The van der Waals surface area contributed by atoms with Gasteiger partial charge in [0.1, 0.15) is 5.82 Å². The number of urea groups is 1. The van der Waals surface area contributed by atoms with Crippen LogP contribution >= 0.6 is 15.9 Å². The number of amides is 3. The summed E-state index contributed by atoms with van der Waals surface area (Å²) >= 11 is 3.47. The smallest absolute Gasteiger partial charge is 0.319 e. The second kappa shape index (κ2) is 8.52. The molecule has 1 heterocycles. The summed E-state index contributed by atoms with van der Waals surface area (Å²) < 4.78 is 24.4. The number of hydrogen-bond acceptors (Lipinski definition) is 4. The summed E-state index contributed by atoms with van der Waals surface area (Å²) in [6, 6.07) is 7.62. The molecule has 0 aromatic heterocycles. The lowest BCUT2D eigenvalue weighted by atomic mass is 9.94. The highest BCUT2D eigenvalue weighted by Gasteiger charge is 2.33. The largest absolute Gasteiger partial charge is 0.493 e. The molecule has 0 fully saturated rings. The van der Waals surface area contributed by atoms with Gasteiger partial charge in [0.25, 0.3) is 5.91 Å². The second-order valence-electron chi connectivity index (χ2n) is 6.26. The van der Waals surface area contributed by atoms with Crippen molar-refractivity contribution < 1.29 is 23.5 Å². The standard InChI is InChI=1S/C20H19BrFN3O4/c1-10-17(19(26)24-12-6-4-11(22)5-7-12)18(25-20(27)23-10)13-8-15(28-2)16(29-3)9-14(13)21/h4-9,18H,1-3H3,(H,24,26)(H2,23,25,27)/t18-/m0/s1. The summed E-state index contributed by atoms with van der Waals surface area (Å²) in [5, 5.41) is 8.10. The van der Waals surface area contributed by atoms with Gasteiger partial charge in [0, 0.05) is 15.9 Å². The van der Waals surface area contributed by atoms with Crippen molar-refractivity contribution in [3.05, 3.63) is 63.5 Å². The van der Waals surface area contributed by atoms with E-state index in [1.165, 1.54) is 38.5 Å². The number of anilines is 1. The van der Waals surface area contributed by atoms with E-state index >= 15 is 0 Å². The van der Waals surface area contributed by atoms with Crippen molar-refractivity contribution in [1.82, 2.24) is 10.6 Å². The molecule has 1 aliphatic rings. The van der Waals surface area contributed by atoms with Crippen molar-refractivity contribution in [3.8, 4) is 11.5 Å². The number of carbonyl (C=O) groups excluding carboxylic acids is 2. The number of methoxy groups -OCH3 is 2. The van der Waals surface area contributed by atoms with Crippen LogP contribution in [0, 0.1) is 5.82 Å². The van der Waals surface area contributed by atoms with E-state index in [0.29, 0.717) is 38.5 Å². The van der Waals surface area contributed by atoms with E-state index in [1.807, 2.05) is 0 Å². The molecule has 0 unspecified atom stereocenters. The van der Waals surface area contributed by atoms with Crippen molar-refractivity contribution in [1.29, 1.82) is 0 Å². The van der Waals surface area contributed by atoms with Gasteiger partial charge in [-0.15, -0.1) is 0 Å². The first-order valence-electron chi connectivity index (χ1n) is 8.60. The van der Waals surface area contributed by atoms with Crippen LogP contribution in [0.4, 0.5) is 14.9 Å². The summed E-state index contributed by atoms with van der Waals surface area (Å²) in [6.45, 7) is 1.64. The number of carbonyl (C=O) groups is 2. The topological polar surface area (TPSA) is 88.7 Å². The second-order valence-corrected chi connectivity index (χ2v) is 7.11. The molecule has 2 aromatic rings. The minimum Gasteiger partial charge on any atom is -0.493 e. The van der Waals surface area contributed by atoms with E-state index in [-0.39, 0.29) is 0 Å². The van der Waals surface area contributed by atoms with Gasteiger partial charge in [0.15, 0.2) is 11.5 Å². The van der Waals surface area contributed by atoms with Crippen LogP contribution in [0.2, 0.25) is 0 Å². The average molecular weight is 464 g/mol. The third kappa shape index (κ3) is 4.34. The van der Waals surface area contributed by atoms with Crippen LogP contribution < -0.4 is 25.4 Å². The number of nitrogens with one attached hydrogen (secondary N) is 3. The molecule has 0 bridgehead atoms. The first-order chi connectivity index (χ1) is 13.8. The van der Waals surface area contributed by atoms with Crippen molar-refractivity contribution in [3.63, 3.8) is 0 Å². The fourth-order valence-corrected chi connectivity index (χ4v) is 3.60. The molecule has 0 saturated carbocycles. The highest BCUT2D eigenvalue weighted by molar-refractivity contribution is 9.10. The van der Waals surface area contributed by atoms with Gasteiger partial charge in [-0.1, -0.05) is 15.9 Å². The zero-order chi connectivity index (χ0) is 21.1. The SMILES string of the molecule is COc1cc(Br)c([C@@H]2NC(=O)NC(C)=C2C(=O)Nc2ccc(F)cc2)cc1OC. The maximum absolute atomic E-state index is 13.1. The lowest BCUT2D eigenvalue weighted by Gasteiger charge is -2.29. The van der Waals surface area contributed by atoms with Crippen molar-refractivity contribution in [2.45, 2.75) is 13.0 Å². The molecule has 3 amide bonds. The van der Waals surface area contributed by atoms with Crippen LogP contribution in [-0.4, -0.2) is 26.2 Å². The normalized spacial score (nSPS) is 16.0. The van der Waals surface area contributed by atoms with E-state index in [0.717, 1.165) is 0 Å². The molecule has 3 rings (SSSR count). The van der Waals surface area contributed by atoms with Gasteiger partial charge < -0.3 is 25.4 Å². The molecule has 29 heavy (non-hydrogen) atoms. The molecule has 0 spiro atoms. The Hall–Kier alpha value is -3.07. The summed E-state index contributed by atoms with van der Waals surface area (Å²) in [5.74, 6) is 0.112. The Balaban J connectivity index is 2.02. The number of halogens is 2. The molecule has 0 saturated heterocycles. The Morgan fingerprint density at radius 2 is 1.76 bits per heavy atom. The van der Waals surface area contributed by atoms with Crippen LogP contribution in [0.5, 0.6) is 11.5 Å².